The SMILES string of the molecule is Cc1cc(C)cc(N2C(=O)c3cc4ccsc4n3C[C@@]2(C)C(=O)NC2CCCC2)c1. The van der Waals surface area contributed by atoms with Gasteiger partial charge < -0.3 is 9.88 Å². The zero-order chi connectivity index (χ0) is 21.0. The molecule has 5 nitrogen and oxygen atoms in total. The summed E-state index contributed by atoms with van der Waals surface area (Å²) in [4.78, 5) is 30.2. The van der Waals surface area contributed by atoms with Gasteiger partial charge in [-0.05, 0) is 74.4 Å². The van der Waals surface area contributed by atoms with E-state index in [4.69, 9.17) is 0 Å². The van der Waals surface area contributed by atoms with Crippen molar-refractivity contribution in [3.63, 3.8) is 0 Å². The molecule has 2 aromatic heterocycles. The quantitative estimate of drug-likeness (QED) is 0.661. The molecule has 2 aliphatic rings. The van der Waals surface area contributed by atoms with Gasteiger partial charge in [0.1, 0.15) is 16.1 Å². The number of hydrogen-bond acceptors (Lipinski definition) is 3. The summed E-state index contributed by atoms with van der Waals surface area (Å²) in [6.45, 7) is 6.41. The first-order valence-electron chi connectivity index (χ1n) is 10.7. The average Bonchev–Trinajstić information content (AvgIpc) is 3.39. The zero-order valence-electron chi connectivity index (χ0n) is 17.7. The van der Waals surface area contributed by atoms with Crippen molar-refractivity contribution < 1.29 is 9.59 Å². The van der Waals surface area contributed by atoms with Crippen LogP contribution in [0.15, 0.2) is 35.7 Å². The summed E-state index contributed by atoms with van der Waals surface area (Å²) in [6, 6.07) is 10.3. The van der Waals surface area contributed by atoms with Crippen molar-refractivity contribution >= 4 is 39.1 Å². The molecule has 0 bridgehead atoms. The number of nitrogens with zero attached hydrogens (tertiary/aromatic N) is 2. The number of aryl methyl sites for hydroxylation is 2. The van der Waals surface area contributed by atoms with Crippen LogP contribution >= 0.6 is 11.3 Å². The second-order valence-electron chi connectivity index (χ2n) is 9.01. The minimum atomic E-state index is -0.997. The topological polar surface area (TPSA) is 54.3 Å². The molecule has 0 spiro atoms. The molecule has 5 rings (SSSR count). The van der Waals surface area contributed by atoms with E-state index in [1.807, 2.05) is 55.0 Å². The van der Waals surface area contributed by atoms with Gasteiger partial charge in [-0.3, -0.25) is 14.5 Å². The summed E-state index contributed by atoms with van der Waals surface area (Å²) in [5.74, 6) is -0.176. The van der Waals surface area contributed by atoms with E-state index in [1.165, 1.54) is 0 Å². The lowest BCUT2D eigenvalue weighted by molar-refractivity contribution is -0.127. The minimum absolute atomic E-state index is 0.0639. The van der Waals surface area contributed by atoms with E-state index in [2.05, 4.69) is 11.4 Å². The third kappa shape index (κ3) is 2.97. The number of fused-ring (bicyclic) bond motifs is 3. The molecular weight excluding hydrogens is 394 g/mol. The van der Waals surface area contributed by atoms with Crippen LogP contribution < -0.4 is 10.2 Å². The molecule has 6 heteroatoms. The predicted octanol–water partition coefficient (Wildman–Crippen LogP) is 4.80. The Morgan fingerprint density at radius 1 is 1.13 bits per heavy atom. The van der Waals surface area contributed by atoms with Crippen LogP contribution in [0.5, 0.6) is 0 Å². The molecule has 1 fully saturated rings. The van der Waals surface area contributed by atoms with E-state index in [9.17, 15) is 9.59 Å². The summed E-state index contributed by atoms with van der Waals surface area (Å²) >= 11 is 1.62. The Balaban J connectivity index is 1.64. The van der Waals surface area contributed by atoms with Crippen LogP contribution in [0.4, 0.5) is 5.69 Å². The van der Waals surface area contributed by atoms with Crippen molar-refractivity contribution in [2.45, 2.75) is 64.6 Å². The normalized spacial score (nSPS) is 22.0. The largest absolute Gasteiger partial charge is 0.351 e. The predicted molar refractivity (Wildman–Crippen MR) is 121 cm³/mol. The van der Waals surface area contributed by atoms with Crippen LogP contribution in [-0.2, 0) is 11.3 Å². The maximum Gasteiger partial charge on any atom is 0.275 e. The van der Waals surface area contributed by atoms with Gasteiger partial charge in [-0.1, -0.05) is 18.9 Å². The van der Waals surface area contributed by atoms with Crippen molar-refractivity contribution in [1.82, 2.24) is 9.88 Å². The average molecular weight is 422 g/mol. The van der Waals surface area contributed by atoms with Crippen molar-refractivity contribution in [2.75, 3.05) is 4.90 Å². The van der Waals surface area contributed by atoms with Gasteiger partial charge in [0, 0.05) is 17.1 Å². The number of carbonyl (C=O) groups is 2. The fourth-order valence-electron chi connectivity index (χ4n) is 5.09. The van der Waals surface area contributed by atoms with E-state index < -0.39 is 5.54 Å². The lowest BCUT2D eigenvalue weighted by Crippen LogP contribution is -2.65. The third-order valence-corrected chi connectivity index (χ3v) is 7.48. The molecule has 1 N–H and O–H groups in total. The minimum Gasteiger partial charge on any atom is -0.351 e. The first-order chi connectivity index (χ1) is 14.4. The van der Waals surface area contributed by atoms with E-state index in [1.54, 1.807) is 16.2 Å². The number of hydrogen-bond donors (Lipinski definition) is 1. The lowest BCUT2D eigenvalue weighted by Gasteiger charge is -2.44. The van der Waals surface area contributed by atoms with Crippen LogP contribution in [0, 0.1) is 13.8 Å². The Morgan fingerprint density at radius 2 is 1.83 bits per heavy atom. The third-order valence-electron chi connectivity index (χ3n) is 6.53. The van der Waals surface area contributed by atoms with Crippen LogP contribution in [0.2, 0.25) is 0 Å². The molecule has 3 aromatic rings. The first-order valence-corrected chi connectivity index (χ1v) is 11.6. The maximum absolute atomic E-state index is 13.8. The Labute approximate surface area is 180 Å². The molecule has 156 valence electrons. The highest BCUT2D eigenvalue weighted by Gasteiger charge is 2.49. The van der Waals surface area contributed by atoms with Crippen LogP contribution in [0.3, 0.4) is 0 Å². The number of benzene rings is 1. The number of nitrogens with one attached hydrogen (secondary N) is 1. The highest BCUT2D eigenvalue weighted by Crippen LogP contribution is 2.38. The Bertz CT molecular complexity index is 1130. The van der Waals surface area contributed by atoms with Gasteiger partial charge in [-0.25, -0.2) is 0 Å². The monoisotopic (exact) mass is 421 g/mol. The number of amides is 2. The Hall–Kier alpha value is -2.60. The highest BCUT2D eigenvalue weighted by atomic mass is 32.1. The molecule has 0 radical (unpaired) electrons. The van der Waals surface area contributed by atoms with Gasteiger partial charge in [-0.2, -0.15) is 0 Å². The van der Waals surface area contributed by atoms with E-state index in [-0.39, 0.29) is 17.9 Å². The van der Waals surface area contributed by atoms with Crippen molar-refractivity contribution in [2.24, 2.45) is 0 Å². The molecule has 0 unspecified atom stereocenters. The van der Waals surface area contributed by atoms with Crippen molar-refractivity contribution in [1.29, 1.82) is 0 Å². The molecule has 1 aliphatic carbocycles. The van der Waals surface area contributed by atoms with E-state index >= 15 is 0 Å². The molecular formula is C24H27N3O2S. The molecule has 30 heavy (non-hydrogen) atoms. The first kappa shape index (κ1) is 19.4. The second kappa shape index (κ2) is 6.98. The number of rotatable bonds is 3. The van der Waals surface area contributed by atoms with Gasteiger partial charge in [0.05, 0.1) is 6.54 Å². The number of anilines is 1. The molecule has 1 saturated carbocycles. The molecule has 1 aliphatic heterocycles. The fraction of sp³-hybridized carbons (Fsp3) is 0.417. The number of aromatic nitrogens is 1. The van der Waals surface area contributed by atoms with Gasteiger partial charge in [0.25, 0.3) is 5.91 Å². The number of thiophene rings is 1. The zero-order valence-corrected chi connectivity index (χ0v) is 18.5. The molecule has 2 amide bonds. The highest BCUT2D eigenvalue weighted by molar-refractivity contribution is 7.16. The smallest absolute Gasteiger partial charge is 0.275 e. The van der Waals surface area contributed by atoms with Crippen molar-refractivity contribution in [3.05, 3.63) is 52.5 Å². The summed E-state index contributed by atoms with van der Waals surface area (Å²) in [5.41, 5.74) is 2.61. The Morgan fingerprint density at radius 3 is 2.53 bits per heavy atom. The van der Waals surface area contributed by atoms with Gasteiger partial charge in [0.2, 0.25) is 5.91 Å². The van der Waals surface area contributed by atoms with Gasteiger partial charge in [0.15, 0.2) is 0 Å². The Kier molecular flexibility index (Phi) is 4.51. The fourth-order valence-corrected chi connectivity index (χ4v) is 5.99. The van der Waals surface area contributed by atoms with Crippen LogP contribution in [0.25, 0.3) is 10.2 Å². The van der Waals surface area contributed by atoms with Crippen LogP contribution in [-0.4, -0.2) is 28.0 Å². The van der Waals surface area contributed by atoms with Crippen molar-refractivity contribution in [3.8, 4) is 0 Å². The lowest BCUT2D eigenvalue weighted by atomic mass is 9.92. The van der Waals surface area contributed by atoms with E-state index in [0.717, 1.165) is 52.7 Å². The standard InChI is InChI=1S/C24H27N3O2S/c1-15-10-16(2)12-19(11-15)27-21(28)20-13-17-8-9-30-22(17)26(20)14-24(27,3)23(29)25-18-6-4-5-7-18/h8-13,18H,4-7,14H2,1-3H3,(H,25,29)/t24-/m0/s1. The molecule has 1 atom stereocenters. The summed E-state index contributed by atoms with van der Waals surface area (Å²) < 4.78 is 2.04. The summed E-state index contributed by atoms with van der Waals surface area (Å²) in [7, 11) is 0. The van der Waals surface area contributed by atoms with E-state index in [0.29, 0.717) is 12.2 Å². The van der Waals surface area contributed by atoms with Crippen LogP contribution in [0.1, 0.15) is 54.2 Å². The molecule has 1 aromatic carbocycles. The van der Waals surface area contributed by atoms with Gasteiger partial charge in [-0.15, -0.1) is 11.3 Å². The second-order valence-corrected chi connectivity index (χ2v) is 9.91. The number of carbonyl (C=O) groups excluding carboxylic acids is 2. The molecule has 0 saturated heterocycles. The summed E-state index contributed by atoms with van der Waals surface area (Å²) in [5, 5.41) is 6.36. The van der Waals surface area contributed by atoms with Gasteiger partial charge >= 0.3 is 0 Å². The molecule has 3 heterocycles. The maximum atomic E-state index is 13.8. The summed E-state index contributed by atoms with van der Waals surface area (Å²) in [6.07, 6.45) is 4.34.